The van der Waals surface area contributed by atoms with Crippen molar-refractivity contribution in [2.45, 2.75) is 45.4 Å². The summed E-state index contributed by atoms with van der Waals surface area (Å²) in [7, 11) is 0. The fourth-order valence-electron chi connectivity index (χ4n) is 4.95. The lowest BCUT2D eigenvalue weighted by atomic mass is 10.0. The van der Waals surface area contributed by atoms with E-state index in [2.05, 4.69) is 36.1 Å². The number of hydrogen-bond acceptors (Lipinski definition) is 10. The Bertz CT molecular complexity index is 1190. The van der Waals surface area contributed by atoms with Gasteiger partial charge in [0.15, 0.2) is 22.5 Å². The standard InChI is InChI=1S/C25H35Cl2N9O2/c1-3-17-14-35(24-21(27)32-20(23(29)33-24)25(38)30-12-15(2)37)10-11-36(17)18-6-8-34(9-7-18)13-16-4-5-19(26)31-22(16)28/h3-5,15,18,37H,6-14H2,1-2H3,(H2,28,31)(H2,29,33)(H,30,38)/b17-3+/t15-/m0/s1. The molecule has 0 unspecified atom stereocenters. The number of aromatic nitrogens is 3. The summed E-state index contributed by atoms with van der Waals surface area (Å²) in [6, 6.07) is 4.16. The van der Waals surface area contributed by atoms with E-state index in [9.17, 15) is 9.90 Å². The topological polar surface area (TPSA) is 150 Å². The molecular formula is C25H35Cl2N9O2. The Kier molecular flexibility index (Phi) is 9.14. The number of pyridine rings is 1. The molecule has 0 aromatic carbocycles. The van der Waals surface area contributed by atoms with E-state index in [1.54, 1.807) is 13.0 Å². The molecule has 2 aromatic heterocycles. The number of nitrogens with zero attached hydrogens (tertiary/aromatic N) is 6. The number of piperazine rings is 1. The first-order chi connectivity index (χ1) is 18.2. The van der Waals surface area contributed by atoms with Crippen molar-refractivity contribution in [3.8, 4) is 0 Å². The number of anilines is 3. The van der Waals surface area contributed by atoms with Crippen LogP contribution in [0.3, 0.4) is 0 Å². The molecule has 0 aliphatic carbocycles. The van der Waals surface area contributed by atoms with Crippen molar-refractivity contribution in [1.82, 2.24) is 30.1 Å². The molecule has 206 valence electrons. The van der Waals surface area contributed by atoms with Gasteiger partial charge in [-0.25, -0.2) is 15.0 Å². The van der Waals surface area contributed by atoms with Crippen molar-refractivity contribution in [2.24, 2.45) is 0 Å². The molecule has 0 radical (unpaired) electrons. The highest BCUT2D eigenvalue weighted by atomic mass is 35.5. The molecule has 1 atom stereocenters. The number of hydrogen-bond donors (Lipinski definition) is 4. The summed E-state index contributed by atoms with van der Waals surface area (Å²) in [6.07, 6.45) is 3.52. The Morgan fingerprint density at radius 3 is 2.55 bits per heavy atom. The molecular weight excluding hydrogens is 529 g/mol. The summed E-state index contributed by atoms with van der Waals surface area (Å²) >= 11 is 12.4. The van der Waals surface area contributed by atoms with Crippen LogP contribution >= 0.6 is 23.2 Å². The molecule has 2 aliphatic heterocycles. The number of nitrogens with two attached hydrogens (primary N) is 2. The van der Waals surface area contributed by atoms with Gasteiger partial charge in [-0.05, 0) is 32.8 Å². The van der Waals surface area contributed by atoms with Crippen LogP contribution in [-0.4, -0.2) is 87.2 Å². The van der Waals surface area contributed by atoms with Gasteiger partial charge in [0.05, 0.1) is 12.6 Å². The summed E-state index contributed by atoms with van der Waals surface area (Å²) in [5, 5.41) is 12.5. The van der Waals surface area contributed by atoms with Gasteiger partial charge in [0, 0.05) is 56.6 Å². The van der Waals surface area contributed by atoms with Crippen molar-refractivity contribution in [3.05, 3.63) is 45.5 Å². The number of piperidine rings is 1. The summed E-state index contributed by atoms with van der Waals surface area (Å²) in [6.45, 7) is 8.52. The van der Waals surface area contributed by atoms with Crippen molar-refractivity contribution in [1.29, 1.82) is 0 Å². The Hall–Kier alpha value is -2.86. The second-order valence-corrected chi connectivity index (χ2v) is 10.5. The molecule has 38 heavy (non-hydrogen) atoms. The number of likely N-dealkylation sites (tertiary alicyclic amines) is 1. The third-order valence-electron chi connectivity index (χ3n) is 6.97. The van der Waals surface area contributed by atoms with Crippen LogP contribution in [0.5, 0.6) is 0 Å². The minimum atomic E-state index is -0.690. The number of rotatable bonds is 7. The smallest absolute Gasteiger partial charge is 0.273 e. The van der Waals surface area contributed by atoms with Crippen molar-refractivity contribution in [3.63, 3.8) is 0 Å². The summed E-state index contributed by atoms with van der Waals surface area (Å²) in [5.74, 6) is 0.424. The van der Waals surface area contributed by atoms with Gasteiger partial charge in [0.2, 0.25) is 0 Å². The molecule has 2 fully saturated rings. The fourth-order valence-corrected chi connectivity index (χ4v) is 5.35. The molecule has 0 saturated carbocycles. The van der Waals surface area contributed by atoms with Crippen molar-refractivity contribution in [2.75, 3.05) is 55.6 Å². The summed E-state index contributed by atoms with van der Waals surface area (Å²) in [4.78, 5) is 32.1. The van der Waals surface area contributed by atoms with Crippen molar-refractivity contribution < 1.29 is 9.90 Å². The molecule has 0 spiro atoms. The predicted molar refractivity (Wildman–Crippen MR) is 150 cm³/mol. The van der Waals surface area contributed by atoms with Crippen LogP contribution < -0.4 is 21.7 Å². The molecule has 2 aliphatic rings. The Labute approximate surface area is 232 Å². The average Bonchev–Trinajstić information content (AvgIpc) is 2.90. The number of allylic oxidation sites excluding steroid dienone is 1. The molecule has 11 nitrogen and oxygen atoms in total. The van der Waals surface area contributed by atoms with Gasteiger partial charge >= 0.3 is 0 Å². The maximum atomic E-state index is 12.4. The summed E-state index contributed by atoms with van der Waals surface area (Å²) in [5.41, 5.74) is 14.3. The number of halogens is 2. The first kappa shape index (κ1) is 28.2. The van der Waals surface area contributed by atoms with E-state index in [-0.39, 0.29) is 23.2 Å². The van der Waals surface area contributed by atoms with E-state index >= 15 is 0 Å². The maximum absolute atomic E-state index is 12.4. The summed E-state index contributed by atoms with van der Waals surface area (Å²) < 4.78 is 0. The van der Waals surface area contributed by atoms with E-state index in [0.29, 0.717) is 35.9 Å². The Balaban J connectivity index is 1.36. The predicted octanol–water partition coefficient (Wildman–Crippen LogP) is 2.14. The van der Waals surface area contributed by atoms with Crippen LogP contribution in [0.4, 0.5) is 17.5 Å². The van der Waals surface area contributed by atoms with Crippen LogP contribution in [-0.2, 0) is 6.54 Å². The highest BCUT2D eigenvalue weighted by molar-refractivity contribution is 6.32. The zero-order valence-corrected chi connectivity index (χ0v) is 23.2. The average molecular weight is 565 g/mol. The van der Waals surface area contributed by atoms with Gasteiger partial charge in [-0.1, -0.05) is 35.3 Å². The van der Waals surface area contributed by atoms with Gasteiger partial charge < -0.3 is 31.7 Å². The maximum Gasteiger partial charge on any atom is 0.273 e. The van der Waals surface area contributed by atoms with Gasteiger partial charge in [0.1, 0.15) is 11.0 Å². The number of aliphatic hydroxyl groups excluding tert-OH is 1. The number of carbonyl (C=O) groups excluding carboxylic acids is 1. The minimum absolute atomic E-state index is 0.000784. The molecule has 2 aromatic rings. The number of nitrogens with one attached hydrogen (secondary N) is 1. The normalized spacial score (nSPS) is 19.1. The lowest BCUT2D eigenvalue weighted by Gasteiger charge is -2.46. The van der Waals surface area contributed by atoms with Crippen LogP contribution in [0.15, 0.2) is 23.9 Å². The molecule has 1 amide bonds. The zero-order chi connectivity index (χ0) is 27.4. The zero-order valence-electron chi connectivity index (χ0n) is 21.7. The second kappa shape index (κ2) is 12.3. The fraction of sp³-hybridized carbons (Fsp3) is 0.520. The number of carbonyl (C=O) groups is 1. The SMILES string of the molecule is C/C=C1\CN(c2nc(N)c(C(=O)NC[C@H](C)O)nc2Cl)CCN1C1CCN(Cc2ccc(Cl)nc2N)CC1. The van der Waals surface area contributed by atoms with Gasteiger partial charge in [-0.3, -0.25) is 9.69 Å². The second-order valence-electron chi connectivity index (χ2n) is 9.71. The van der Waals surface area contributed by atoms with E-state index < -0.39 is 12.0 Å². The van der Waals surface area contributed by atoms with Gasteiger partial charge in [-0.15, -0.1) is 0 Å². The third kappa shape index (κ3) is 6.58. The number of nitrogen functional groups attached to an aromatic ring is 2. The molecule has 4 rings (SSSR count). The van der Waals surface area contributed by atoms with E-state index in [1.807, 2.05) is 17.9 Å². The quantitative estimate of drug-likeness (QED) is 0.369. The van der Waals surface area contributed by atoms with Crippen molar-refractivity contribution >= 4 is 46.6 Å². The lowest BCUT2D eigenvalue weighted by molar-refractivity contribution is 0.0919. The molecule has 4 heterocycles. The molecule has 6 N–H and O–H groups in total. The highest BCUT2D eigenvalue weighted by Gasteiger charge is 2.31. The van der Waals surface area contributed by atoms with Gasteiger partial charge in [-0.2, -0.15) is 0 Å². The van der Waals surface area contributed by atoms with E-state index in [0.717, 1.165) is 44.6 Å². The van der Waals surface area contributed by atoms with Crippen LogP contribution in [0, 0.1) is 0 Å². The number of aliphatic hydroxyl groups is 1. The van der Waals surface area contributed by atoms with Crippen LogP contribution in [0.1, 0.15) is 42.7 Å². The monoisotopic (exact) mass is 563 g/mol. The third-order valence-corrected chi connectivity index (χ3v) is 7.44. The highest BCUT2D eigenvalue weighted by Crippen LogP contribution is 2.30. The lowest BCUT2D eigenvalue weighted by Crippen LogP contribution is -2.52. The first-order valence-electron chi connectivity index (χ1n) is 12.8. The van der Waals surface area contributed by atoms with Crippen LogP contribution in [0.2, 0.25) is 10.3 Å². The van der Waals surface area contributed by atoms with Crippen LogP contribution in [0.25, 0.3) is 0 Å². The molecule has 13 heteroatoms. The van der Waals surface area contributed by atoms with E-state index in [4.69, 9.17) is 34.7 Å². The minimum Gasteiger partial charge on any atom is -0.392 e. The first-order valence-corrected chi connectivity index (χ1v) is 13.5. The number of amides is 1. The van der Waals surface area contributed by atoms with E-state index in [1.165, 1.54) is 5.70 Å². The Morgan fingerprint density at radius 1 is 1.16 bits per heavy atom. The molecule has 0 bridgehead atoms. The molecule has 2 saturated heterocycles. The largest absolute Gasteiger partial charge is 0.392 e. The Morgan fingerprint density at radius 2 is 1.89 bits per heavy atom. The van der Waals surface area contributed by atoms with Gasteiger partial charge in [0.25, 0.3) is 5.91 Å².